The van der Waals surface area contributed by atoms with Crippen LogP contribution in [0.5, 0.6) is 0 Å². The number of hydrogen-bond acceptors (Lipinski definition) is 2. The zero-order valence-electron chi connectivity index (χ0n) is 28.1. The van der Waals surface area contributed by atoms with E-state index in [1.807, 2.05) is 12.1 Å². The van der Waals surface area contributed by atoms with Crippen molar-refractivity contribution in [3.05, 3.63) is 158 Å². The summed E-state index contributed by atoms with van der Waals surface area (Å²) in [4.78, 5) is 0. The molecule has 244 valence electrons. The first-order valence-corrected chi connectivity index (χ1v) is 18.0. The van der Waals surface area contributed by atoms with E-state index in [4.69, 9.17) is 8.83 Å². The van der Waals surface area contributed by atoms with Gasteiger partial charge in [-0.25, -0.2) is 0 Å². The van der Waals surface area contributed by atoms with Crippen LogP contribution >= 0.6 is 0 Å². The Morgan fingerprint density at radius 2 is 0.962 bits per heavy atom. The van der Waals surface area contributed by atoms with Crippen LogP contribution in [0.1, 0.15) is 12.8 Å². The monoisotopic (exact) mass is 666 g/mol. The first-order chi connectivity index (χ1) is 25.8. The third-order valence-electron chi connectivity index (χ3n) is 11.2. The highest BCUT2D eigenvalue weighted by Crippen LogP contribution is 2.45. The Bertz CT molecular complexity index is 3340. The lowest BCUT2D eigenvalue weighted by molar-refractivity contribution is 0.669. The van der Waals surface area contributed by atoms with Gasteiger partial charge >= 0.3 is 0 Å². The maximum absolute atomic E-state index is 6.42. The summed E-state index contributed by atoms with van der Waals surface area (Å²) in [5.74, 6) is 0. The summed E-state index contributed by atoms with van der Waals surface area (Å²) >= 11 is 0. The minimum Gasteiger partial charge on any atom is -0.456 e. The number of rotatable bonds is 3. The molecule has 1 aliphatic carbocycles. The number of fused-ring (bicyclic) bond motifs is 14. The number of aromatic nitrogens is 2. The van der Waals surface area contributed by atoms with Crippen molar-refractivity contribution in [2.45, 2.75) is 12.8 Å². The fraction of sp³-hybridized carbons (Fsp3) is 0.0417. The Hall–Kier alpha value is -6.78. The third-order valence-corrected chi connectivity index (χ3v) is 11.2. The number of para-hydroxylation sites is 3. The van der Waals surface area contributed by atoms with Crippen LogP contribution in [0.25, 0.3) is 110 Å². The summed E-state index contributed by atoms with van der Waals surface area (Å²) in [6.07, 6.45) is 8.75. The molecule has 0 aliphatic heterocycles. The maximum Gasteiger partial charge on any atom is 0.136 e. The van der Waals surface area contributed by atoms with Gasteiger partial charge in [-0.15, -0.1) is 0 Å². The van der Waals surface area contributed by atoms with Gasteiger partial charge in [0, 0.05) is 54.5 Å². The van der Waals surface area contributed by atoms with E-state index in [1.54, 1.807) is 0 Å². The molecule has 4 nitrogen and oxygen atoms in total. The average molecular weight is 667 g/mol. The zero-order valence-corrected chi connectivity index (χ0v) is 28.1. The Kier molecular flexibility index (Phi) is 5.58. The number of allylic oxidation sites excluding steroid dienone is 4. The predicted octanol–water partition coefficient (Wildman–Crippen LogP) is 13.5. The molecular formula is C48H30N2O2. The number of benzene rings is 7. The van der Waals surface area contributed by atoms with Crippen molar-refractivity contribution in [1.82, 2.24) is 9.13 Å². The highest BCUT2D eigenvalue weighted by molar-refractivity contribution is 6.29. The van der Waals surface area contributed by atoms with Gasteiger partial charge in [0.15, 0.2) is 0 Å². The lowest BCUT2D eigenvalue weighted by atomic mass is 9.98. The van der Waals surface area contributed by atoms with E-state index < -0.39 is 0 Å². The molecule has 4 aromatic heterocycles. The van der Waals surface area contributed by atoms with E-state index in [9.17, 15) is 0 Å². The summed E-state index contributed by atoms with van der Waals surface area (Å²) in [5, 5.41) is 9.51. The normalized spacial score (nSPS) is 13.7. The molecule has 12 rings (SSSR count). The molecule has 0 spiro atoms. The summed E-state index contributed by atoms with van der Waals surface area (Å²) in [6, 6.07) is 50.2. The molecule has 11 aromatic rings. The van der Waals surface area contributed by atoms with E-state index in [1.165, 1.54) is 65.8 Å². The maximum atomic E-state index is 6.42. The van der Waals surface area contributed by atoms with Gasteiger partial charge in [-0.1, -0.05) is 78.9 Å². The molecule has 0 radical (unpaired) electrons. The topological polar surface area (TPSA) is 36.1 Å². The predicted molar refractivity (Wildman–Crippen MR) is 216 cm³/mol. The summed E-state index contributed by atoms with van der Waals surface area (Å²) < 4.78 is 17.7. The van der Waals surface area contributed by atoms with Gasteiger partial charge in [-0.05, 0) is 103 Å². The van der Waals surface area contributed by atoms with E-state index in [2.05, 4.69) is 155 Å². The highest BCUT2D eigenvalue weighted by Gasteiger charge is 2.22. The quantitative estimate of drug-likeness (QED) is 0.188. The molecule has 52 heavy (non-hydrogen) atoms. The van der Waals surface area contributed by atoms with Crippen LogP contribution in [-0.4, -0.2) is 9.13 Å². The molecular weight excluding hydrogens is 637 g/mol. The highest BCUT2D eigenvalue weighted by atomic mass is 16.3. The molecule has 0 saturated heterocycles. The van der Waals surface area contributed by atoms with Gasteiger partial charge < -0.3 is 18.0 Å². The Morgan fingerprint density at radius 3 is 1.56 bits per heavy atom. The third kappa shape index (κ3) is 3.76. The van der Waals surface area contributed by atoms with Crippen LogP contribution in [0, 0.1) is 0 Å². The van der Waals surface area contributed by atoms with Crippen LogP contribution < -0.4 is 0 Å². The largest absolute Gasteiger partial charge is 0.456 e. The molecule has 0 fully saturated rings. The molecule has 7 aromatic carbocycles. The summed E-state index contributed by atoms with van der Waals surface area (Å²) in [7, 11) is 0. The molecule has 0 unspecified atom stereocenters. The van der Waals surface area contributed by atoms with Crippen molar-refractivity contribution in [2.75, 3.05) is 0 Å². The van der Waals surface area contributed by atoms with Crippen molar-refractivity contribution < 1.29 is 8.83 Å². The molecule has 0 saturated carbocycles. The van der Waals surface area contributed by atoms with Gasteiger partial charge in [0.05, 0.1) is 22.1 Å². The Morgan fingerprint density at radius 1 is 0.423 bits per heavy atom. The van der Waals surface area contributed by atoms with E-state index in [0.717, 1.165) is 57.0 Å². The van der Waals surface area contributed by atoms with Crippen LogP contribution in [0.3, 0.4) is 0 Å². The summed E-state index contributed by atoms with van der Waals surface area (Å²) in [6.45, 7) is 0. The zero-order chi connectivity index (χ0) is 33.9. The first kappa shape index (κ1) is 28.0. The molecule has 4 heterocycles. The van der Waals surface area contributed by atoms with Crippen molar-refractivity contribution in [2.24, 2.45) is 0 Å². The van der Waals surface area contributed by atoms with Gasteiger partial charge in [-0.2, -0.15) is 0 Å². The van der Waals surface area contributed by atoms with Crippen LogP contribution in [0.2, 0.25) is 0 Å². The van der Waals surface area contributed by atoms with Gasteiger partial charge in [0.2, 0.25) is 0 Å². The second-order valence-corrected chi connectivity index (χ2v) is 14.0. The van der Waals surface area contributed by atoms with Gasteiger partial charge in [0.1, 0.15) is 22.3 Å². The molecule has 4 heteroatoms. The number of hydrogen-bond donors (Lipinski definition) is 0. The second-order valence-electron chi connectivity index (χ2n) is 14.0. The van der Waals surface area contributed by atoms with Crippen LogP contribution in [0.4, 0.5) is 0 Å². The van der Waals surface area contributed by atoms with Gasteiger partial charge in [-0.3, -0.25) is 0 Å². The average Bonchev–Trinajstić information content (AvgIpc) is 3.95. The van der Waals surface area contributed by atoms with E-state index in [-0.39, 0.29) is 0 Å². The van der Waals surface area contributed by atoms with Crippen molar-refractivity contribution >= 4 is 93.2 Å². The van der Waals surface area contributed by atoms with Crippen molar-refractivity contribution in [1.29, 1.82) is 0 Å². The van der Waals surface area contributed by atoms with Crippen molar-refractivity contribution in [3.63, 3.8) is 0 Å². The second kappa shape index (κ2) is 10.4. The molecule has 0 bridgehead atoms. The SMILES string of the molecule is C1=CCCC(n2c3ccc(-c4ccc5c(c4)c4c6c(ccc4n5-c4ccccc4)oc4ccccc46)cc3c3c4c(ccc32)oc2ccccc24)=C1. The van der Waals surface area contributed by atoms with Crippen molar-refractivity contribution in [3.8, 4) is 16.8 Å². The van der Waals surface area contributed by atoms with Gasteiger partial charge in [0.25, 0.3) is 0 Å². The number of nitrogens with zero attached hydrogens (tertiary/aromatic N) is 2. The van der Waals surface area contributed by atoms with E-state index >= 15 is 0 Å². The molecule has 0 atom stereocenters. The lowest BCUT2D eigenvalue weighted by Gasteiger charge is -2.14. The fourth-order valence-electron chi connectivity index (χ4n) is 8.95. The van der Waals surface area contributed by atoms with Crippen LogP contribution in [0.15, 0.2) is 167 Å². The fourth-order valence-corrected chi connectivity index (χ4v) is 8.95. The molecule has 0 amide bonds. The molecule has 1 aliphatic rings. The van der Waals surface area contributed by atoms with E-state index in [0.29, 0.717) is 0 Å². The Balaban J connectivity index is 1.18. The minimum absolute atomic E-state index is 0.906. The van der Waals surface area contributed by atoms with Crippen LogP contribution in [-0.2, 0) is 0 Å². The minimum atomic E-state index is 0.906. The first-order valence-electron chi connectivity index (χ1n) is 18.0. The number of furan rings is 2. The molecule has 0 N–H and O–H groups in total. The smallest absolute Gasteiger partial charge is 0.136 e. The summed E-state index contributed by atoms with van der Waals surface area (Å²) in [5.41, 5.74) is 13.2. The lowest BCUT2D eigenvalue weighted by Crippen LogP contribution is -1.98. The standard InChI is InChI=1S/C48H30N2O2/c1-3-11-31(12-4-1)49-37-21-19-29(27-35(37)45-39(49)23-25-43-47(45)33-15-7-9-17-41(33)51-43)30-20-22-38-36(28-30)46-40(50(38)32-13-5-2-6-14-32)24-26-44-48(46)34-16-8-10-18-42(34)52-44/h1-5,7-13,15-28H,6,14H2. The Labute approximate surface area is 297 Å².